The Hall–Kier alpha value is -0.870. The molecule has 3 N–H and O–H groups in total. The molecule has 0 amide bonds. The molecule has 0 saturated heterocycles. The van der Waals surface area contributed by atoms with Gasteiger partial charge in [-0.25, -0.2) is 4.79 Å². The van der Waals surface area contributed by atoms with Crippen LogP contribution < -0.4 is 5.32 Å². The van der Waals surface area contributed by atoms with Gasteiger partial charge in [0.05, 0.1) is 0 Å². The number of hydrogen-bond donors (Lipinski definition) is 3. The monoisotopic (exact) mass is 199 g/mol. The highest BCUT2D eigenvalue weighted by Gasteiger charge is 2.41. The van der Waals surface area contributed by atoms with Gasteiger partial charge in [0.25, 0.3) is 0 Å². The summed E-state index contributed by atoms with van der Waals surface area (Å²) in [5, 5.41) is 20.4. The molecule has 0 spiro atoms. The van der Waals surface area contributed by atoms with Gasteiger partial charge in [-0.15, -0.1) is 0 Å². The van der Waals surface area contributed by atoms with Crippen molar-refractivity contribution < 1.29 is 15.0 Å². The molecule has 0 aromatic carbocycles. The van der Waals surface area contributed by atoms with Crippen LogP contribution in [0, 0.1) is 5.41 Å². The molecule has 0 aromatic heterocycles. The van der Waals surface area contributed by atoms with E-state index in [1.165, 1.54) is 0 Å². The zero-order valence-corrected chi connectivity index (χ0v) is 8.25. The van der Waals surface area contributed by atoms with Gasteiger partial charge < -0.3 is 15.5 Å². The van der Waals surface area contributed by atoms with Crippen LogP contribution in [-0.4, -0.2) is 35.9 Å². The van der Waals surface area contributed by atoms with E-state index < -0.39 is 5.97 Å². The first-order valence-corrected chi connectivity index (χ1v) is 4.82. The largest absolute Gasteiger partial charge is 0.478 e. The van der Waals surface area contributed by atoms with Gasteiger partial charge in [-0.1, -0.05) is 6.58 Å². The number of nitrogens with one attached hydrogen (secondary N) is 1. The summed E-state index contributed by atoms with van der Waals surface area (Å²) in [6, 6.07) is 0. The normalized spacial score (nSPS) is 17.8. The van der Waals surface area contributed by atoms with Gasteiger partial charge in [0, 0.05) is 25.3 Å². The predicted molar refractivity (Wildman–Crippen MR) is 53.0 cm³/mol. The van der Waals surface area contributed by atoms with Crippen LogP contribution in [0.1, 0.15) is 19.3 Å². The molecule has 0 radical (unpaired) electrons. The van der Waals surface area contributed by atoms with Crippen LogP contribution in [0.25, 0.3) is 0 Å². The van der Waals surface area contributed by atoms with Gasteiger partial charge in [-0.05, 0) is 24.7 Å². The van der Waals surface area contributed by atoms with Gasteiger partial charge in [-0.2, -0.15) is 0 Å². The van der Waals surface area contributed by atoms with Gasteiger partial charge >= 0.3 is 5.97 Å². The highest BCUT2D eigenvalue weighted by Crippen LogP contribution is 2.47. The first-order chi connectivity index (χ1) is 6.59. The fourth-order valence-corrected chi connectivity index (χ4v) is 1.48. The van der Waals surface area contributed by atoms with E-state index in [2.05, 4.69) is 11.9 Å². The van der Waals surface area contributed by atoms with E-state index in [4.69, 9.17) is 10.2 Å². The Bertz CT molecular complexity index is 234. The molecule has 1 aliphatic rings. The lowest BCUT2D eigenvalue weighted by Crippen LogP contribution is -2.28. The summed E-state index contributed by atoms with van der Waals surface area (Å²) < 4.78 is 0. The number of rotatable bonds is 7. The van der Waals surface area contributed by atoms with Crippen molar-refractivity contribution in [2.24, 2.45) is 5.41 Å². The van der Waals surface area contributed by atoms with E-state index in [1.807, 2.05) is 0 Å². The van der Waals surface area contributed by atoms with Crippen LogP contribution in [0.2, 0.25) is 0 Å². The molecule has 80 valence electrons. The molecule has 1 fully saturated rings. The van der Waals surface area contributed by atoms with Gasteiger partial charge in [0.15, 0.2) is 0 Å². The summed E-state index contributed by atoms with van der Waals surface area (Å²) in [5.74, 6) is -0.954. The molecule has 14 heavy (non-hydrogen) atoms. The van der Waals surface area contributed by atoms with Crippen molar-refractivity contribution in [3.8, 4) is 0 Å². The topological polar surface area (TPSA) is 69.6 Å². The first-order valence-electron chi connectivity index (χ1n) is 4.82. The van der Waals surface area contributed by atoms with Gasteiger partial charge in [-0.3, -0.25) is 0 Å². The maximum atomic E-state index is 10.4. The molecule has 1 aliphatic carbocycles. The van der Waals surface area contributed by atoms with Crippen molar-refractivity contribution in [1.29, 1.82) is 0 Å². The van der Waals surface area contributed by atoms with Crippen molar-refractivity contribution in [3.05, 3.63) is 12.2 Å². The van der Waals surface area contributed by atoms with Crippen LogP contribution in [0.3, 0.4) is 0 Å². The summed E-state index contributed by atoms with van der Waals surface area (Å²) in [6.45, 7) is 4.74. The number of carboxylic acids is 1. The van der Waals surface area contributed by atoms with Gasteiger partial charge in [0.1, 0.15) is 0 Å². The maximum absolute atomic E-state index is 10.4. The zero-order valence-electron chi connectivity index (χ0n) is 8.25. The molecule has 0 aromatic rings. The van der Waals surface area contributed by atoms with Gasteiger partial charge in [0.2, 0.25) is 0 Å². The molecule has 0 heterocycles. The fourth-order valence-electron chi connectivity index (χ4n) is 1.48. The Morgan fingerprint density at radius 3 is 2.57 bits per heavy atom. The van der Waals surface area contributed by atoms with E-state index in [0.717, 1.165) is 25.8 Å². The second-order valence-electron chi connectivity index (χ2n) is 3.99. The van der Waals surface area contributed by atoms with E-state index >= 15 is 0 Å². The molecule has 0 aliphatic heterocycles. The summed E-state index contributed by atoms with van der Waals surface area (Å²) >= 11 is 0. The van der Waals surface area contributed by atoms with Crippen LogP contribution in [0.5, 0.6) is 0 Å². The quantitative estimate of drug-likeness (QED) is 0.518. The lowest BCUT2D eigenvalue weighted by Gasteiger charge is -2.14. The van der Waals surface area contributed by atoms with E-state index in [-0.39, 0.29) is 17.6 Å². The lowest BCUT2D eigenvalue weighted by molar-refractivity contribution is -0.132. The fraction of sp³-hybridized carbons (Fsp3) is 0.700. The Labute approximate surface area is 83.6 Å². The minimum Gasteiger partial charge on any atom is -0.478 e. The molecule has 1 saturated carbocycles. The van der Waals surface area contributed by atoms with Crippen molar-refractivity contribution in [3.63, 3.8) is 0 Å². The number of aliphatic carboxylic acids is 1. The van der Waals surface area contributed by atoms with Crippen LogP contribution in [-0.2, 0) is 4.79 Å². The standard InChI is InChI=1S/C10H17NO3/c1-8(9(13)14)6-11-7-10(2-3-10)4-5-12/h11-12H,1-7H2,(H,13,14). The third kappa shape index (κ3) is 3.12. The number of aliphatic hydroxyl groups is 1. The van der Waals surface area contributed by atoms with Crippen molar-refractivity contribution in [2.45, 2.75) is 19.3 Å². The molecule has 0 unspecified atom stereocenters. The molecule has 4 nitrogen and oxygen atoms in total. The Morgan fingerprint density at radius 2 is 2.14 bits per heavy atom. The average molecular weight is 199 g/mol. The van der Waals surface area contributed by atoms with Crippen molar-refractivity contribution in [2.75, 3.05) is 19.7 Å². The summed E-state index contributed by atoms with van der Waals surface area (Å²) in [5.41, 5.74) is 0.415. The molecule has 4 heteroatoms. The number of hydrogen-bond acceptors (Lipinski definition) is 3. The molecular weight excluding hydrogens is 182 g/mol. The van der Waals surface area contributed by atoms with Crippen molar-refractivity contribution >= 4 is 5.97 Å². The third-order valence-electron chi connectivity index (χ3n) is 2.74. The molecular formula is C10H17NO3. The molecule has 1 rings (SSSR count). The van der Waals surface area contributed by atoms with Crippen molar-refractivity contribution in [1.82, 2.24) is 5.32 Å². The first kappa shape index (κ1) is 11.2. The highest BCUT2D eigenvalue weighted by molar-refractivity contribution is 5.86. The summed E-state index contributed by atoms with van der Waals surface area (Å²) in [7, 11) is 0. The molecule has 0 bridgehead atoms. The number of aliphatic hydroxyl groups excluding tert-OH is 1. The Balaban J connectivity index is 2.15. The van der Waals surface area contributed by atoms with E-state index in [1.54, 1.807) is 0 Å². The van der Waals surface area contributed by atoms with Crippen LogP contribution in [0.4, 0.5) is 0 Å². The minimum absolute atomic E-state index is 0.185. The Morgan fingerprint density at radius 1 is 1.50 bits per heavy atom. The second-order valence-corrected chi connectivity index (χ2v) is 3.99. The highest BCUT2D eigenvalue weighted by atomic mass is 16.4. The van der Waals surface area contributed by atoms with Crippen LogP contribution in [0.15, 0.2) is 12.2 Å². The maximum Gasteiger partial charge on any atom is 0.332 e. The number of carbonyl (C=O) groups is 1. The number of carboxylic acid groups (broad SMARTS) is 1. The smallest absolute Gasteiger partial charge is 0.332 e. The van der Waals surface area contributed by atoms with E-state index in [9.17, 15) is 4.79 Å². The summed E-state index contributed by atoms with van der Waals surface area (Å²) in [6.07, 6.45) is 3.06. The minimum atomic E-state index is -0.954. The average Bonchev–Trinajstić information content (AvgIpc) is 2.85. The predicted octanol–water partition coefficient (Wildman–Crippen LogP) is 0.379. The Kier molecular flexibility index (Phi) is 3.66. The second kappa shape index (κ2) is 4.57. The SMILES string of the molecule is C=C(CNCC1(CCO)CC1)C(=O)O. The molecule has 0 atom stereocenters. The van der Waals surface area contributed by atoms with Crippen LogP contribution >= 0.6 is 0 Å². The zero-order chi connectivity index (χ0) is 10.6. The summed E-state index contributed by atoms with van der Waals surface area (Å²) in [4.78, 5) is 10.4. The lowest BCUT2D eigenvalue weighted by atomic mass is 10.0. The van der Waals surface area contributed by atoms with E-state index in [0.29, 0.717) is 6.54 Å². The third-order valence-corrected chi connectivity index (χ3v) is 2.74.